The summed E-state index contributed by atoms with van der Waals surface area (Å²) in [5.41, 5.74) is 0.379. The first-order valence-corrected chi connectivity index (χ1v) is 6.39. The van der Waals surface area contributed by atoms with Crippen molar-refractivity contribution < 1.29 is 9.53 Å². The molecule has 0 atom stereocenters. The molecule has 7 heteroatoms. The summed E-state index contributed by atoms with van der Waals surface area (Å²) in [6, 6.07) is 0. The van der Waals surface area contributed by atoms with Gasteiger partial charge in [0.1, 0.15) is 5.82 Å². The van der Waals surface area contributed by atoms with Crippen LogP contribution in [-0.2, 0) is 11.3 Å². The highest BCUT2D eigenvalue weighted by atomic mass is 32.1. The predicted molar refractivity (Wildman–Crippen MR) is 68.7 cm³/mol. The molecule has 2 aromatic rings. The van der Waals surface area contributed by atoms with Crippen LogP contribution in [0, 0.1) is 6.92 Å². The van der Waals surface area contributed by atoms with E-state index >= 15 is 0 Å². The minimum Gasteiger partial charge on any atom is -0.461 e. The molecular weight excluding hydrogens is 252 g/mol. The number of carbonyl (C=O) groups excluding carboxylic acids is 1. The quantitative estimate of drug-likeness (QED) is 0.809. The molecule has 96 valence electrons. The zero-order valence-corrected chi connectivity index (χ0v) is 11.0. The second-order valence-electron chi connectivity index (χ2n) is 3.53. The van der Waals surface area contributed by atoms with Gasteiger partial charge in [-0.15, -0.1) is 11.3 Å². The summed E-state index contributed by atoms with van der Waals surface area (Å²) in [5, 5.41) is 3.80. The van der Waals surface area contributed by atoms with Crippen LogP contribution >= 0.6 is 11.3 Å². The van der Waals surface area contributed by atoms with Gasteiger partial charge in [0.05, 0.1) is 13.2 Å². The maximum Gasteiger partial charge on any atom is 0.358 e. The van der Waals surface area contributed by atoms with Crippen molar-refractivity contribution >= 4 is 22.4 Å². The molecule has 0 bridgehead atoms. The molecule has 18 heavy (non-hydrogen) atoms. The number of aryl methyl sites for hydroxylation is 1. The van der Waals surface area contributed by atoms with Crippen LogP contribution in [0.15, 0.2) is 12.4 Å². The van der Waals surface area contributed by atoms with Gasteiger partial charge in [0.2, 0.25) is 0 Å². The van der Waals surface area contributed by atoms with Crippen LogP contribution < -0.4 is 5.32 Å². The predicted octanol–water partition coefficient (Wildman–Crippen LogP) is 1.96. The summed E-state index contributed by atoms with van der Waals surface area (Å²) in [7, 11) is 0. The molecule has 0 aliphatic rings. The topological polar surface area (TPSA) is 79.9 Å². The third-order valence-electron chi connectivity index (χ3n) is 2.23. The van der Waals surface area contributed by atoms with Gasteiger partial charge < -0.3 is 15.0 Å². The van der Waals surface area contributed by atoms with Gasteiger partial charge in [-0.3, -0.25) is 0 Å². The smallest absolute Gasteiger partial charge is 0.358 e. The third kappa shape index (κ3) is 2.86. The van der Waals surface area contributed by atoms with Crippen molar-refractivity contribution in [2.45, 2.75) is 20.4 Å². The first kappa shape index (κ1) is 12.6. The average molecular weight is 266 g/mol. The van der Waals surface area contributed by atoms with E-state index in [4.69, 9.17) is 4.74 Å². The third-order valence-corrected chi connectivity index (χ3v) is 3.16. The van der Waals surface area contributed by atoms with E-state index in [1.165, 1.54) is 11.3 Å². The highest BCUT2D eigenvalue weighted by Gasteiger charge is 2.16. The summed E-state index contributed by atoms with van der Waals surface area (Å²) in [6.45, 7) is 4.52. The number of H-pyrrole nitrogens is 1. The summed E-state index contributed by atoms with van der Waals surface area (Å²) < 4.78 is 4.93. The molecule has 0 aliphatic carbocycles. The standard InChI is InChI=1S/C11H14N4O2S/c1-3-17-10(16)9-7(2)18-11(15-9)14-6-8-12-4-5-13-8/h4-5H,3,6H2,1-2H3,(H,12,13)(H,14,15). The molecule has 0 unspecified atom stereocenters. The second kappa shape index (κ2) is 5.63. The fourth-order valence-corrected chi connectivity index (χ4v) is 2.21. The van der Waals surface area contributed by atoms with Gasteiger partial charge in [-0.05, 0) is 13.8 Å². The van der Waals surface area contributed by atoms with E-state index < -0.39 is 0 Å². The number of thiazole rings is 1. The van der Waals surface area contributed by atoms with Gasteiger partial charge in [0.25, 0.3) is 0 Å². The highest BCUT2D eigenvalue weighted by molar-refractivity contribution is 7.15. The number of nitrogens with zero attached hydrogens (tertiary/aromatic N) is 2. The number of ether oxygens (including phenoxy) is 1. The minimum atomic E-state index is -0.378. The first-order chi connectivity index (χ1) is 8.70. The Morgan fingerprint density at radius 2 is 2.44 bits per heavy atom. The molecule has 0 aliphatic heterocycles. The van der Waals surface area contributed by atoms with E-state index in [9.17, 15) is 4.79 Å². The fraction of sp³-hybridized carbons (Fsp3) is 0.364. The van der Waals surface area contributed by atoms with Crippen molar-refractivity contribution in [3.8, 4) is 0 Å². The van der Waals surface area contributed by atoms with E-state index in [-0.39, 0.29) is 5.97 Å². The summed E-state index contributed by atoms with van der Waals surface area (Å²) in [4.78, 5) is 23.7. The van der Waals surface area contributed by atoms with E-state index in [1.54, 1.807) is 19.3 Å². The van der Waals surface area contributed by atoms with Crippen LogP contribution in [-0.4, -0.2) is 27.5 Å². The van der Waals surface area contributed by atoms with Crippen molar-refractivity contribution in [2.75, 3.05) is 11.9 Å². The van der Waals surface area contributed by atoms with E-state index in [0.29, 0.717) is 24.0 Å². The largest absolute Gasteiger partial charge is 0.461 e. The molecule has 0 spiro atoms. The highest BCUT2D eigenvalue weighted by Crippen LogP contribution is 2.22. The number of hydrogen-bond acceptors (Lipinski definition) is 6. The van der Waals surface area contributed by atoms with Crippen molar-refractivity contribution in [1.82, 2.24) is 15.0 Å². The Morgan fingerprint density at radius 1 is 1.61 bits per heavy atom. The van der Waals surface area contributed by atoms with Crippen LogP contribution in [0.1, 0.15) is 28.1 Å². The van der Waals surface area contributed by atoms with E-state index in [2.05, 4.69) is 20.3 Å². The Bertz CT molecular complexity index is 521. The van der Waals surface area contributed by atoms with E-state index in [1.807, 2.05) is 6.92 Å². The molecule has 0 fully saturated rings. The Labute approximate surface area is 108 Å². The van der Waals surface area contributed by atoms with E-state index in [0.717, 1.165) is 10.7 Å². The van der Waals surface area contributed by atoms with Gasteiger partial charge in [-0.25, -0.2) is 14.8 Å². The molecule has 6 nitrogen and oxygen atoms in total. The number of aromatic nitrogens is 3. The summed E-state index contributed by atoms with van der Waals surface area (Å²) in [5.74, 6) is 0.442. The summed E-state index contributed by atoms with van der Waals surface area (Å²) >= 11 is 1.43. The lowest BCUT2D eigenvalue weighted by molar-refractivity contribution is 0.0519. The Hall–Kier alpha value is -1.89. The van der Waals surface area contributed by atoms with Crippen LogP contribution in [0.3, 0.4) is 0 Å². The number of rotatable bonds is 5. The molecule has 2 aromatic heterocycles. The molecule has 0 radical (unpaired) electrons. The fourth-order valence-electron chi connectivity index (χ4n) is 1.41. The van der Waals surface area contributed by atoms with Crippen molar-refractivity contribution in [3.05, 3.63) is 28.8 Å². The second-order valence-corrected chi connectivity index (χ2v) is 4.74. The maximum absolute atomic E-state index is 11.6. The van der Waals surface area contributed by atoms with Crippen molar-refractivity contribution in [2.24, 2.45) is 0 Å². The lowest BCUT2D eigenvalue weighted by Gasteiger charge is -1.99. The SMILES string of the molecule is CCOC(=O)c1nc(NCc2ncc[nH]2)sc1C. The maximum atomic E-state index is 11.6. The monoisotopic (exact) mass is 266 g/mol. The number of anilines is 1. The number of esters is 1. The van der Waals surface area contributed by atoms with Crippen LogP contribution in [0.25, 0.3) is 0 Å². The molecule has 0 saturated heterocycles. The lowest BCUT2D eigenvalue weighted by Crippen LogP contribution is -2.07. The van der Waals surface area contributed by atoms with Gasteiger partial charge in [-0.1, -0.05) is 0 Å². The van der Waals surface area contributed by atoms with Crippen molar-refractivity contribution in [3.63, 3.8) is 0 Å². The molecule has 0 saturated carbocycles. The molecule has 0 amide bonds. The minimum absolute atomic E-state index is 0.352. The van der Waals surface area contributed by atoms with Gasteiger partial charge in [-0.2, -0.15) is 0 Å². The summed E-state index contributed by atoms with van der Waals surface area (Å²) in [6.07, 6.45) is 3.45. The number of carbonyl (C=O) groups is 1. The zero-order chi connectivity index (χ0) is 13.0. The Morgan fingerprint density at radius 3 is 3.11 bits per heavy atom. The molecular formula is C11H14N4O2S. The molecule has 2 N–H and O–H groups in total. The van der Waals surface area contributed by atoms with Gasteiger partial charge in [0.15, 0.2) is 10.8 Å². The first-order valence-electron chi connectivity index (χ1n) is 5.57. The normalized spacial score (nSPS) is 10.3. The number of imidazole rings is 1. The Balaban J connectivity index is 2.02. The molecule has 2 rings (SSSR count). The molecule has 0 aromatic carbocycles. The Kier molecular flexibility index (Phi) is 3.93. The number of nitrogens with one attached hydrogen (secondary N) is 2. The van der Waals surface area contributed by atoms with Gasteiger partial charge in [0, 0.05) is 17.3 Å². The number of hydrogen-bond donors (Lipinski definition) is 2. The number of aromatic amines is 1. The average Bonchev–Trinajstić information content (AvgIpc) is 2.96. The van der Waals surface area contributed by atoms with Crippen LogP contribution in [0.4, 0.5) is 5.13 Å². The van der Waals surface area contributed by atoms with Gasteiger partial charge >= 0.3 is 5.97 Å². The zero-order valence-electron chi connectivity index (χ0n) is 10.2. The van der Waals surface area contributed by atoms with Crippen molar-refractivity contribution in [1.29, 1.82) is 0 Å². The van der Waals surface area contributed by atoms with Crippen LogP contribution in [0.2, 0.25) is 0 Å². The van der Waals surface area contributed by atoms with Crippen LogP contribution in [0.5, 0.6) is 0 Å². The lowest BCUT2D eigenvalue weighted by atomic mass is 10.4. The molecule has 2 heterocycles.